The van der Waals surface area contributed by atoms with Crippen molar-refractivity contribution in [3.05, 3.63) is 66.4 Å². The van der Waals surface area contributed by atoms with Gasteiger partial charge in [-0.25, -0.2) is 0 Å². The van der Waals surface area contributed by atoms with Crippen LogP contribution in [-0.4, -0.2) is 16.7 Å². The molecular formula is C17H16N2O2. The van der Waals surface area contributed by atoms with Crippen molar-refractivity contribution >= 4 is 16.6 Å². The summed E-state index contributed by atoms with van der Waals surface area (Å²) in [6.07, 6.45) is 1.06. The second-order valence-electron chi connectivity index (χ2n) is 4.85. The number of aliphatic hydroxyl groups excluding tert-OH is 1. The molecule has 3 N–H and O–H groups in total. The van der Waals surface area contributed by atoms with E-state index in [0.717, 1.165) is 16.5 Å². The van der Waals surface area contributed by atoms with E-state index in [1.807, 2.05) is 30.3 Å². The first-order valence-corrected chi connectivity index (χ1v) is 6.73. The largest absolute Gasteiger partial charge is 0.490 e. The molecule has 0 spiro atoms. The van der Waals surface area contributed by atoms with Gasteiger partial charge in [0.1, 0.15) is 18.5 Å². The predicted molar refractivity (Wildman–Crippen MR) is 83.1 cm³/mol. The Kier molecular flexibility index (Phi) is 3.71. The van der Waals surface area contributed by atoms with Crippen LogP contribution in [0.5, 0.6) is 5.75 Å². The maximum atomic E-state index is 10.1. The molecule has 1 heterocycles. The lowest BCUT2D eigenvalue weighted by Crippen LogP contribution is -2.09. The van der Waals surface area contributed by atoms with E-state index in [1.54, 1.807) is 30.5 Å². The third-order valence-corrected chi connectivity index (χ3v) is 3.31. The summed E-state index contributed by atoms with van der Waals surface area (Å²) in [5.74, 6) is 0.690. The third-order valence-electron chi connectivity index (χ3n) is 3.31. The number of ether oxygens (including phenoxy) is 1. The zero-order valence-corrected chi connectivity index (χ0v) is 11.4. The van der Waals surface area contributed by atoms with Gasteiger partial charge in [0.25, 0.3) is 0 Å². The Hall–Kier alpha value is -2.59. The number of hydrogen-bond acceptors (Lipinski definition) is 4. The second kappa shape index (κ2) is 5.81. The molecule has 1 unspecified atom stereocenters. The number of aliphatic hydroxyl groups is 1. The van der Waals surface area contributed by atoms with Gasteiger partial charge in [0.05, 0.1) is 5.52 Å². The summed E-state index contributed by atoms with van der Waals surface area (Å²) in [6, 6.07) is 16.7. The monoisotopic (exact) mass is 280 g/mol. The minimum Gasteiger partial charge on any atom is -0.490 e. The van der Waals surface area contributed by atoms with Crippen LogP contribution in [0.2, 0.25) is 0 Å². The van der Waals surface area contributed by atoms with Crippen molar-refractivity contribution in [2.24, 2.45) is 0 Å². The number of nitrogens with two attached hydrogens (primary N) is 1. The number of fused-ring (bicyclic) bond motifs is 1. The second-order valence-corrected chi connectivity index (χ2v) is 4.85. The fourth-order valence-corrected chi connectivity index (χ4v) is 2.13. The highest BCUT2D eigenvalue weighted by molar-refractivity contribution is 5.79. The Bertz CT molecular complexity index is 741. The first-order valence-electron chi connectivity index (χ1n) is 6.73. The van der Waals surface area contributed by atoms with Gasteiger partial charge < -0.3 is 15.6 Å². The van der Waals surface area contributed by atoms with Gasteiger partial charge in [-0.15, -0.1) is 0 Å². The summed E-state index contributed by atoms with van der Waals surface area (Å²) in [5.41, 5.74) is 7.95. The van der Waals surface area contributed by atoms with Crippen molar-refractivity contribution in [3.8, 4) is 5.75 Å². The molecule has 0 aliphatic heterocycles. The highest BCUT2D eigenvalue weighted by atomic mass is 16.5. The number of rotatable bonds is 4. The van der Waals surface area contributed by atoms with Crippen molar-refractivity contribution in [2.75, 3.05) is 12.3 Å². The first kappa shape index (κ1) is 13.4. The van der Waals surface area contributed by atoms with Crippen LogP contribution in [0.1, 0.15) is 11.7 Å². The Balaban J connectivity index is 1.69. The van der Waals surface area contributed by atoms with Crippen molar-refractivity contribution in [2.45, 2.75) is 6.10 Å². The van der Waals surface area contributed by atoms with E-state index in [0.29, 0.717) is 11.4 Å². The Labute approximate surface area is 122 Å². The smallest absolute Gasteiger partial charge is 0.121 e. The van der Waals surface area contributed by atoms with Crippen molar-refractivity contribution in [1.29, 1.82) is 0 Å². The molecule has 3 rings (SSSR count). The first-order chi connectivity index (χ1) is 10.2. The van der Waals surface area contributed by atoms with Crippen molar-refractivity contribution < 1.29 is 9.84 Å². The number of benzene rings is 2. The van der Waals surface area contributed by atoms with E-state index in [2.05, 4.69) is 4.98 Å². The van der Waals surface area contributed by atoms with E-state index >= 15 is 0 Å². The van der Waals surface area contributed by atoms with Gasteiger partial charge in [0, 0.05) is 23.3 Å². The molecule has 1 atom stereocenters. The standard InChI is InChI=1S/C17H16N2O2/c18-14-6-3-13(4-7-14)17(20)11-21-15-8-5-12-2-1-9-19-16(12)10-15/h1-10,17,20H,11,18H2. The molecule has 0 bridgehead atoms. The third kappa shape index (κ3) is 3.12. The SMILES string of the molecule is Nc1ccc(C(O)COc2ccc3cccnc3c2)cc1. The molecule has 4 heteroatoms. The molecule has 0 amide bonds. The van der Waals surface area contributed by atoms with E-state index in [1.165, 1.54) is 0 Å². The van der Waals surface area contributed by atoms with Crippen LogP contribution in [0.25, 0.3) is 10.9 Å². The molecule has 0 fully saturated rings. The molecule has 2 aromatic carbocycles. The lowest BCUT2D eigenvalue weighted by atomic mass is 10.1. The molecule has 21 heavy (non-hydrogen) atoms. The number of nitrogen functional groups attached to an aromatic ring is 1. The van der Waals surface area contributed by atoms with Crippen LogP contribution in [-0.2, 0) is 0 Å². The minimum atomic E-state index is -0.690. The molecular weight excluding hydrogens is 264 g/mol. The summed E-state index contributed by atoms with van der Waals surface area (Å²) >= 11 is 0. The number of pyridine rings is 1. The average molecular weight is 280 g/mol. The zero-order valence-electron chi connectivity index (χ0n) is 11.4. The molecule has 0 aliphatic rings. The van der Waals surface area contributed by atoms with Gasteiger partial charge in [-0.05, 0) is 35.9 Å². The number of nitrogens with zero attached hydrogens (tertiary/aromatic N) is 1. The molecule has 1 aromatic heterocycles. The lowest BCUT2D eigenvalue weighted by Gasteiger charge is -2.13. The van der Waals surface area contributed by atoms with Gasteiger partial charge in [-0.2, -0.15) is 0 Å². The minimum absolute atomic E-state index is 0.183. The highest BCUT2D eigenvalue weighted by Crippen LogP contribution is 2.21. The zero-order chi connectivity index (χ0) is 14.7. The van der Waals surface area contributed by atoms with E-state index < -0.39 is 6.10 Å². The van der Waals surface area contributed by atoms with Crippen molar-refractivity contribution in [3.63, 3.8) is 0 Å². The van der Waals surface area contributed by atoms with Crippen LogP contribution in [0.4, 0.5) is 5.69 Å². The summed E-state index contributed by atoms with van der Waals surface area (Å²) in [5, 5.41) is 11.2. The summed E-state index contributed by atoms with van der Waals surface area (Å²) in [4.78, 5) is 4.28. The van der Waals surface area contributed by atoms with Gasteiger partial charge in [-0.1, -0.05) is 18.2 Å². The number of anilines is 1. The number of hydrogen-bond donors (Lipinski definition) is 2. The van der Waals surface area contributed by atoms with E-state index in [4.69, 9.17) is 10.5 Å². The molecule has 3 aromatic rings. The fourth-order valence-electron chi connectivity index (χ4n) is 2.13. The highest BCUT2D eigenvalue weighted by Gasteiger charge is 2.08. The van der Waals surface area contributed by atoms with Crippen LogP contribution in [0.3, 0.4) is 0 Å². The molecule has 106 valence electrons. The van der Waals surface area contributed by atoms with Gasteiger partial charge in [0.2, 0.25) is 0 Å². The molecule has 0 aliphatic carbocycles. The van der Waals surface area contributed by atoms with Gasteiger partial charge in [-0.3, -0.25) is 4.98 Å². The summed E-state index contributed by atoms with van der Waals surface area (Å²) < 4.78 is 5.64. The van der Waals surface area contributed by atoms with Gasteiger partial charge in [0.15, 0.2) is 0 Å². The fraction of sp³-hybridized carbons (Fsp3) is 0.118. The Morgan fingerprint density at radius 2 is 1.90 bits per heavy atom. The lowest BCUT2D eigenvalue weighted by molar-refractivity contribution is 0.108. The normalized spacial score (nSPS) is 12.2. The molecule has 4 nitrogen and oxygen atoms in total. The summed E-state index contributed by atoms with van der Waals surface area (Å²) in [7, 11) is 0. The molecule has 0 saturated carbocycles. The van der Waals surface area contributed by atoms with E-state index in [-0.39, 0.29) is 6.61 Å². The Morgan fingerprint density at radius 1 is 1.10 bits per heavy atom. The van der Waals surface area contributed by atoms with Crippen molar-refractivity contribution in [1.82, 2.24) is 4.98 Å². The molecule has 0 radical (unpaired) electrons. The quantitative estimate of drug-likeness (QED) is 0.721. The van der Waals surface area contributed by atoms with Crippen LogP contribution >= 0.6 is 0 Å². The number of aromatic nitrogens is 1. The van der Waals surface area contributed by atoms with Crippen LogP contribution in [0, 0.1) is 0 Å². The maximum Gasteiger partial charge on any atom is 0.121 e. The average Bonchev–Trinajstić information content (AvgIpc) is 2.53. The molecule has 0 saturated heterocycles. The van der Waals surface area contributed by atoms with E-state index in [9.17, 15) is 5.11 Å². The maximum absolute atomic E-state index is 10.1. The van der Waals surface area contributed by atoms with Crippen LogP contribution < -0.4 is 10.5 Å². The topological polar surface area (TPSA) is 68.4 Å². The Morgan fingerprint density at radius 3 is 2.71 bits per heavy atom. The van der Waals surface area contributed by atoms with Crippen LogP contribution in [0.15, 0.2) is 60.8 Å². The summed E-state index contributed by atoms with van der Waals surface area (Å²) in [6.45, 7) is 0.183. The predicted octanol–water partition coefficient (Wildman–Crippen LogP) is 2.93. The van der Waals surface area contributed by atoms with Gasteiger partial charge >= 0.3 is 0 Å².